The number of ketones is 1. The normalized spacial score (nSPS) is 22.4. The van der Waals surface area contributed by atoms with E-state index in [-0.39, 0.29) is 69.4 Å². The molecule has 0 aromatic rings. The summed E-state index contributed by atoms with van der Waals surface area (Å²) < 4.78 is 0.214. The standard InChI is InChI=1S/C21H36N4O5S2.C11H23N3O3.C9H15NO2S2.ClH/c1-5-7-15(18(28)20(30)22-11-17(27)23-13(2)14(3)26)24-19(29)16-10-21(12-25(16)4)31-8-6-9-32-21;1-4-5-8(12)10(16)11(17)13-6-9(15)14-7(2)3;1-10-6-9(5-7(10)8(11)12)13-3-2-4-14-9;/h13,15-16,18,28H,5-12H2,1-4H3,(H,22,30)(H,23,27)(H,24,29);7-8,10,16H,4-6,12H2,1-3H3,(H,13,17)(H,14,15);7H,2-6H2,1H3,(H,11,12);1H/t13-,15?,16-,18?;;7-;/m0.0./s1. The van der Waals surface area contributed by atoms with Crippen molar-refractivity contribution in [2.45, 2.75) is 150 Å². The van der Waals surface area contributed by atoms with Crippen LogP contribution in [0.15, 0.2) is 0 Å². The molecule has 2 spiro atoms. The Labute approximate surface area is 402 Å². The summed E-state index contributed by atoms with van der Waals surface area (Å²) in [5, 5.41) is 41.8. The first-order valence-corrected chi connectivity index (χ1v) is 25.8. The van der Waals surface area contributed by atoms with E-state index < -0.39 is 54.0 Å². The number of aliphatic hydroxyl groups excluding tert-OH is 2. The number of carboxylic acid groups (broad SMARTS) is 1. The number of nitrogens with zero attached hydrogens (tertiary/aromatic N) is 2. The van der Waals surface area contributed by atoms with Crippen LogP contribution in [0.25, 0.3) is 0 Å². The molecule has 5 amide bonds. The van der Waals surface area contributed by atoms with Crippen molar-refractivity contribution < 1.29 is 48.9 Å². The van der Waals surface area contributed by atoms with Crippen LogP contribution in [0.5, 0.6) is 0 Å². The number of aliphatic hydroxyl groups is 2. The van der Waals surface area contributed by atoms with Crippen molar-refractivity contribution in [1.29, 1.82) is 0 Å². The molecule has 18 nitrogen and oxygen atoms in total. The van der Waals surface area contributed by atoms with Crippen LogP contribution in [0.4, 0.5) is 0 Å². The number of nitrogens with one attached hydrogen (secondary N) is 5. The zero-order chi connectivity index (χ0) is 47.5. The topological polar surface area (TPSA) is 273 Å². The molecule has 0 aromatic carbocycles. The number of likely N-dealkylation sites (tertiary alicyclic amines) is 2. The van der Waals surface area contributed by atoms with Crippen molar-refractivity contribution in [3.8, 4) is 0 Å². The molecular weight excluding hydrogens is 928 g/mol. The minimum Gasteiger partial charge on any atom is -0.480 e. The Morgan fingerprint density at radius 1 is 0.703 bits per heavy atom. The number of amides is 5. The molecule has 0 aliphatic carbocycles. The average molecular weight is 1000 g/mol. The molecule has 0 radical (unpaired) electrons. The van der Waals surface area contributed by atoms with Crippen LogP contribution in [0.2, 0.25) is 0 Å². The van der Waals surface area contributed by atoms with Crippen molar-refractivity contribution in [3.63, 3.8) is 0 Å². The maximum atomic E-state index is 13.0. The molecule has 4 unspecified atom stereocenters. The summed E-state index contributed by atoms with van der Waals surface area (Å²) in [4.78, 5) is 86.2. The molecule has 0 aromatic heterocycles. The first-order chi connectivity index (χ1) is 29.6. The van der Waals surface area contributed by atoms with Crippen molar-refractivity contribution >= 4 is 101 Å². The van der Waals surface area contributed by atoms with Gasteiger partial charge in [-0.05, 0) is 103 Å². The smallest absolute Gasteiger partial charge is 0.320 e. The maximum Gasteiger partial charge on any atom is 0.320 e. The SMILES string of the molecule is CCCC(N)C(O)C(=O)NCC(=O)NC(C)C.CCCC(NC(=O)[C@@H]1CC2(CN1C)SCCCS2)C(O)C(=O)NCC(=O)N[C@@H](C)C(C)=O.CN1CC2(C[C@H]1C(=O)O)SCCCS2.Cl. The minimum absolute atomic E-state index is 0. The number of carbonyl (C=O) groups excluding carboxylic acids is 6. The van der Waals surface area contributed by atoms with Gasteiger partial charge in [-0.25, -0.2) is 0 Å². The highest BCUT2D eigenvalue weighted by Crippen LogP contribution is 2.51. The van der Waals surface area contributed by atoms with Crippen LogP contribution < -0.4 is 32.3 Å². The molecule has 23 heteroatoms. The lowest BCUT2D eigenvalue weighted by Gasteiger charge is -2.31. The Hall–Kier alpha value is -2.02. The first-order valence-electron chi connectivity index (χ1n) is 21.9. The van der Waals surface area contributed by atoms with Gasteiger partial charge in [0.2, 0.25) is 17.7 Å². The first kappa shape index (κ1) is 60.0. The molecule has 4 heterocycles. The van der Waals surface area contributed by atoms with E-state index in [4.69, 9.17) is 10.8 Å². The molecule has 4 saturated heterocycles. The lowest BCUT2D eigenvalue weighted by molar-refractivity contribution is -0.141. The van der Waals surface area contributed by atoms with Crippen LogP contribution in [0.3, 0.4) is 0 Å². The number of carbonyl (C=O) groups is 7. The third-order valence-corrected chi connectivity index (χ3v) is 17.5. The number of rotatable bonds is 18. The predicted octanol–water partition coefficient (Wildman–Crippen LogP) is 0.991. The Morgan fingerprint density at radius 3 is 1.56 bits per heavy atom. The van der Waals surface area contributed by atoms with Gasteiger partial charge in [0, 0.05) is 25.2 Å². The lowest BCUT2D eigenvalue weighted by Crippen LogP contribution is -2.55. The van der Waals surface area contributed by atoms with Crippen LogP contribution in [0, 0.1) is 0 Å². The molecule has 0 bridgehead atoms. The van der Waals surface area contributed by atoms with E-state index in [0.29, 0.717) is 19.3 Å². The minimum atomic E-state index is -1.48. The number of halogens is 1. The molecule has 370 valence electrons. The summed E-state index contributed by atoms with van der Waals surface area (Å²) in [5.41, 5.74) is 5.60. The lowest BCUT2D eigenvalue weighted by atomic mass is 10.0. The highest BCUT2D eigenvalue weighted by atomic mass is 35.5. The zero-order valence-corrected chi connectivity index (χ0v) is 42.7. The van der Waals surface area contributed by atoms with Gasteiger partial charge in [0.05, 0.1) is 39.4 Å². The second-order valence-electron chi connectivity index (χ2n) is 16.8. The van der Waals surface area contributed by atoms with E-state index in [9.17, 15) is 43.8 Å². The van der Waals surface area contributed by atoms with E-state index in [1.54, 1.807) is 6.92 Å². The highest BCUT2D eigenvalue weighted by Gasteiger charge is 2.48. The highest BCUT2D eigenvalue weighted by molar-refractivity contribution is 8.19. The zero-order valence-electron chi connectivity index (χ0n) is 38.6. The summed E-state index contributed by atoms with van der Waals surface area (Å²) >= 11 is 7.76. The van der Waals surface area contributed by atoms with Crippen LogP contribution in [0.1, 0.15) is 92.9 Å². The third-order valence-electron chi connectivity index (χ3n) is 10.8. The summed E-state index contributed by atoms with van der Waals surface area (Å²) in [5.74, 6) is 1.38. The second kappa shape index (κ2) is 29.7. The summed E-state index contributed by atoms with van der Waals surface area (Å²) in [6, 6.07) is -2.54. The van der Waals surface area contributed by atoms with Crippen molar-refractivity contribution in [3.05, 3.63) is 0 Å². The quantitative estimate of drug-likeness (QED) is 0.0927. The summed E-state index contributed by atoms with van der Waals surface area (Å²) in [6.45, 7) is 11.6. The average Bonchev–Trinajstić information content (AvgIpc) is 3.73. The third kappa shape index (κ3) is 20.1. The van der Waals surface area contributed by atoms with Gasteiger partial charge in [-0.15, -0.1) is 59.5 Å². The molecule has 0 saturated carbocycles. The van der Waals surface area contributed by atoms with Gasteiger partial charge in [-0.3, -0.25) is 43.4 Å². The van der Waals surface area contributed by atoms with E-state index in [2.05, 4.69) is 31.5 Å². The van der Waals surface area contributed by atoms with Gasteiger partial charge in [0.25, 0.3) is 11.8 Å². The summed E-state index contributed by atoms with van der Waals surface area (Å²) in [7, 11) is 3.86. The Bertz CT molecular complexity index is 1530. The fourth-order valence-corrected chi connectivity index (χ4v) is 14.3. The molecule has 4 aliphatic rings. The van der Waals surface area contributed by atoms with Gasteiger partial charge in [0.1, 0.15) is 12.1 Å². The van der Waals surface area contributed by atoms with Gasteiger partial charge >= 0.3 is 5.97 Å². The maximum absolute atomic E-state index is 13.0. The number of hydrogen-bond acceptors (Lipinski definition) is 16. The predicted molar refractivity (Wildman–Crippen MR) is 261 cm³/mol. The summed E-state index contributed by atoms with van der Waals surface area (Å²) in [6.07, 6.45) is 3.70. The van der Waals surface area contributed by atoms with Crippen LogP contribution in [-0.2, 0) is 33.6 Å². The van der Waals surface area contributed by atoms with E-state index in [1.165, 1.54) is 31.3 Å². The van der Waals surface area contributed by atoms with Crippen LogP contribution >= 0.6 is 59.5 Å². The molecular formula is C41H75ClN8O10S4. The second-order valence-corrected chi connectivity index (χ2v) is 23.3. The van der Waals surface area contributed by atoms with Gasteiger partial charge in [0.15, 0.2) is 11.9 Å². The fraction of sp³-hybridized carbons (Fsp3) is 0.829. The van der Waals surface area contributed by atoms with Gasteiger partial charge in [-0.2, -0.15) is 0 Å². The molecule has 4 aliphatic heterocycles. The van der Waals surface area contributed by atoms with E-state index in [0.717, 1.165) is 43.9 Å². The molecule has 10 N–H and O–H groups in total. The number of carboxylic acids is 1. The van der Waals surface area contributed by atoms with Crippen molar-refractivity contribution in [2.24, 2.45) is 5.73 Å². The van der Waals surface area contributed by atoms with E-state index in [1.807, 2.05) is 93.7 Å². The van der Waals surface area contributed by atoms with Crippen LogP contribution in [-0.4, -0.2) is 186 Å². The number of nitrogens with two attached hydrogens (primary N) is 1. The Kier molecular flexibility index (Phi) is 27.8. The van der Waals surface area contributed by atoms with Gasteiger partial charge < -0.3 is 47.6 Å². The number of hydrogen-bond donors (Lipinski definition) is 9. The number of aliphatic carboxylic acids is 1. The molecule has 4 fully saturated rings. The largest absolute Gasteiger partial charge is 0.480 e. The molecule has 7 atom stereocenters. The molecule has 64 heavy (non-hydrogen) atoms. The van der Waals surface area contributed by atoms with E-state index >= 15 is 0 Å². The van der Waals surface area contributed by atoms with Crippen molar-refractivity contribution in [2.75, 3.05) is 63.3 Å². The van der Waals surface area contributed by atoms with Gasteiger partial charge in [-0.1, -0.05) is 26.7 Å². The Morgan fingerprint density at radius 2 is 1.14 bits per heavy atom. The number of thioether (sulfide) groups is 4. The van der Waals surface area contributed by atoms with Crippen molar-refractivity contribution in [1.82, 2.24) is 36.4 Å². The monoisotopic (exact) mass is 1000 g/mol. The number of Topliss-reactive ketones (excluding diaryl/α,β-unsaturated/α-hetero) is 1. The number of likely N-dealkylation sites (N-methyl/N-ethyl adjacent to an activating group) is 2. The Balaban J connectivity index is 0.000000535. The molecule has 4 rings (SSSR count). The fourth-order valence-electron chi connectivity index (χ4n) is 7.31.